The number of nitrogens with one attached hydrogen (secondary N) is 2. The molecule has 2 nitrogen and oxygen atoms in total. The van der Waals surface area contributed by atoms with Gasteiger partial charge < -0.3 is 10.6 Å². The summed E-state index contributed by atoms with van der Waals surface area (Å²) in [4.78, 5) is 0. The van der Waals surface area contributed by atoms with Crippen LogP contribution in [0.4, 0.5) is 0 Å². The van der Waals surface area contributed by atoms with E-state index < -0.39 is 0 Å². The lowest BCUT2D eigenvalue weighted by Gasteiger charge is -2.29. The Kier molecular flexibility index (Phi) is 7.25. The predicted molar refractivity (Wildman–Crippen MR) is 74.0 cm³/mol. The maximum atomic E-state index is 3.61. The lowest BCUT2D eigenvalue weighted by Crippen LogP contribution is -2.47. The molecule has 0 aromatic carbocycles. The molecule has 0 aromatic rings. The lowest BCUT2D eigenvalue weighted by atomic mass is 9.98. The minimum Gasteiger partial charge on any atom is -0.311 e. The molecule has 0 rings (SSSR count). The molecular formula is C14H32N2. The van der Waals surface area contributed by atoms with Crippen LogP contribution < -0.4 is 10.6 Å². The molecule has 0 radical (unpaired) electrons. The number of hydrogen-bond donors (Lipinski definition) is 2. The average Bonchev–Trinajstić information content (AvgIpc) is 2.12. The van der Waals surface area contributed by atoms with Crippen molar-refractivity contribution >= 4 is 0 Å². The zero-order valence-electron chi connectivity index (χ0n) is 12.2. The van der Waals surface area contributed by atoms with Crippen molar-refractivity contribution in [1.29, 1.82) is 0 Å². The standard InChI is InChI=1S/C14H32N2/c1-7-9-13(3,4)15-11-12-16-14(5,6)10-8-2/h15-16H,7-12H2,1-6H3. The van der Waals surface area contributed by atoms with E-state index in [1.165, 1.54) is 25.7 Å². The van der Waals surface area contributed by atoms with Crippen molar-refractivity contribution in [2.24, 2.45) is 0 Å². The third-order valence-electron chi connectivity index (χ3n) is 3.08. The van der Waals surface area contributed by atoms with Gasteiger partial charge in [-0.1, -0.05) is 26.7 Å². The summed E-state index contributed by atoms with van der Waals surface area (Å²) in [5.74, 6) is 0. The highest BCUT2D eigenvalue weighted by molar-refractivity contribution is 4.80. The summed E-state index contributed by atoms with van der Waals surface area (Å²) < 4.78 is 0. The first-order valence-electron chi connectivity index (χ1n) is 6.83. The summed E-state index contributed by atoms with van der Waals surface area (Å²) in [5.41, 5.74) is 0.566. The first-order chi connectivity index (χ1) is 7.33. The second-order valence-corrected chi connectivity index (χ2v) is 6.12. The maximum Gasteiger partial charge on any atom is 0.0125 e. The molecule has 0 aliphatic rings. The van der Waals surface area contributed by atoms with Crippen LogP contribution in [0.25, 0.3) is 0 Å². The molecule has 0 heterocycles. The Balaban J connectivity index is 3.67. The van der Waals surface area contributed by atoms with Gasteiger partial charge in [0.2, 0.25) is 0 Å². The normalized spacial score (nSPS) is 13.1. The van der Waals surface area contributed by atoms with Crippen LogP contribution in [0.5, 0.6) is 0 Å². The largest absolute Gasteiger partial charge is 0.311 e. The zero-order chi connectivity index (χ0) is 12.7. The van der Waals surface area contributed by atoms with E-state index >= 15 is 0 Å². The van der Waals surface area contributed by atoms with Gasteiger partial charge >= 0.3 is 0 Å². The van der Waals surface area contributed by atoms with E-state index in [0.29, 0.717) is 0 Å². The molecule has 0 aliphatic carbocycles. The Hall–Kier alpha value is -0.0800. The van der Waals surface area contributed by atoms with Crippen molar-refractivity contribution in [3.05, 3.63) is 0 Å². The van der Waals surface area contributed by atoms with Gasteiger partial charge in [0, 0.05) is 24.2 Å². The van der Waals surface area contributed by atoms with Gasteiger partial charge in [0.15, 0.2) is 0 Å². The first-order valence-corrected chi connectivity index (χ1v) is 6.83. The Morgan fingerprint density at radius 1 is 0.688 bits per heavy atom. The first kappa shape index (κ1) is 15.9. The minimum atomic E-state index is 0.283. The molecule has 2 N–H and O–H groups in total. The monoisotopic (exact) mass is 228 g/mol. The summed E-state index contributed by atoms with van der Waals surface area (Å²) in [6, 6.07) is 0. The van der Waals surface area contributed by atoms with Crippen molar-refractivity contribution in [2.75, 3.05) is 13.1 Å². The van der Waals surface area contributed by atoms with Gasteiger partial charge in [-0.05, 0) is 40.5 Å². The van der Waals surface area contributed by atoms with Crippen molar-refractivity contribution in [2.45, 2.75) is 78.3 Å². The fourth-order valence-corrected chi connectivity index (χ4v) is 2.23. The van der Waals surface area contributed by atoms with Gasteiger partial charge in [-0.2, -0.15) is 0 Å². The molecule has 0 aliphatic heterocycles. The quantitative estimate of drug-likeness (QED) is 0.592. The van der Waals surface area contributed by atoms with Crippen LogP contribution in [-0.2, 0) is 0 Å². The van der Waals surface area contributed by atoms with Gasteiger partial charge in [-0.25, -0.2) is 0 Å². The molecule has 0 atom stereocenters. The molecule has 98 valence electrons. The van der Waals surface area contributed by atoms with Gasteiger partial charge in [0.05, 0.1) is 0 Å². The van der Waals surface area contributed by atoms with E-state index in [0.717, 1.165) is 13.1 Å². The maximum absolute atomic E-state index is 3.61. The third-order valence-corrected chi connectivity index (χ3v) is 3.08. The molecule has 0 unspecified atom stereocenters. The summed E-state index contributed by atoms with van der Waals surface area (Å²) in [7, 11) is 0. The second kappa shape index (κ2) is 7.29. The van der Waals surface area contributed by atoms with Gasteiger partial charge in [-0.3, -0.25) is 0 Å². The lowest BCUT2D eigenvalue weighted by molar-refractivity contribution is 0.323. The third kappa shape index (κ3) is 8.12. The van der Waals surface area contributed by atoms with Crippen molar-refractivity contribution in [3.8, 4) is 0 Å². The van der Waals surface area contributed by atoms with Gasteiger partial charge in [0.25, 0.3) is 0 Å². The predicted octanol–water partition coefficient (Wildman–Crippen LogP) is 3.32. The van der Waals surface area contributed by atoms with Crippen molar-refractivity contribution < 1.29 is 0 Å². The summed E-state index contributed by atoms with van der Waals surface area (Å²) >= 11 is 0. The molecule has 16 heavy (non-hydrogen) atoms. The zero-order valence-corrected chi connectivity index (χ0v) is 12.2. The molecular weight excluding hydrogens is 196 g/mol. The van der Waals surface area contributed by atoms with Crippen LogP contribution in [-0.4, -0.2) is 24.2 Å². The Morgan fingerprint density at radius 3 is 1.25 bits per heavy atom. The van der Waals surface area contributed by atoms with Crippen LogP contribution in [0, 0.1) is 0 Å². The molecule has 0 amide bonds. The van der Waals surface area contributed by atoms with Crippen LogP contribution in [0.2, 0.25) is 0 Å². The molecule has 2 heteroatoms. The summed E-state index contributed by atoms with van der Waals surface area (Å²) in [5, 5.41) is 7.22. The molecule has 0 saturated heterocycles. The highest BCUT2D eigenvalue weighted by Gasteiger charge is 2.17. The van der Waals surface area contributed by atoms with E-state index in [2.05, 4.69) is 52.2 Å². The number of rotatable bonds is 9. The molecule has 0 aromatic heterocycles. The average molecular weight is 228 g/mol. The Morgan fingerprint density at radius 2 is 1.00 bits per heavy atom. The van der Waals surface area contributed by atoms with Crippen molar-refractivity contribution in [3.63, 3.8) is 0 Å². The highest BCUT2D eigenvalue weighted by atomic mass is 15.0. The highest BCUT2D eigenvalue weighted by Crippen LogP contribution is 2.11. The molecule has 0 bridgehead atoms. The topological polar surface area (TPSA) is 24.1 Å². The van der Waals surface area contributed by atoms with Crippen LogP contribution in [0.3, 0.4) is 0 Å². The van der Waals surface area contributed by atoms with Gasteiger partial charge in [-0.15, -0.1) is 0 Å². The Bertz CT molecular complexity index is 154. The Labute approximate surface area is 103 Å². The summed E-state index contributed by atoms with van der Waals surface area (Å²) in [6.07, 6.45) is 4.97. The molecule has 0 spiro atoms. The SMILES string of the molecule is CCCC(C)(C)NCCNC(C)(C)CCC. The fraction of sp³-hybridized carbons (Fsp3) is 1.00. The van der Waals surface area contributed by atoms with E-state index in [-0.39, 0.29) is 11.1 Å². The minimum absolute atomic E-state index is 0.283. The van der Waals surface area contributed by atoms with Gasteiger partial charge in [0.1, 0.15) is 0 Å². The molecule has 0 fully saturated rings. The smallest absolute Gasteiger partial charge is 0.0125 e. The number of hydrogen-bond acceptors (Lipinski definition) is 2. The van der Waals surface area contributed by atoms with Crippen LogP contribution in [0.1, 0.15) is 67.2 Å². The second-order valence-electron chi connectivity index (χ2n) is 6.12. The van der Waals surface area contributed by atoms with E-state index in [1.54, 1.807) is 0 Å². The fourth-order valence-electron chi connectivity index (χ4n) is 2.23. The van der Waals surface area contributed by atoms with Crippen molar-refractivity contribution in [1.82, 2.24) is 10.6 Å². The van der Waals surface area contributed by atoms with E-state index in [4.69, 9.17) is 0 Å². The molecule has 0 saturated carbocycles. The van der Waals surface area contributed by atoms with E-state index in [1.807, 2.05) is 0 Å². The van der Waals surface area contributed by atoms with Crippen LogP contribution >= 0.6 is 0 Å². The van der Waals surface area contributed by atoms with E-state index in [9.17, 15) is 0 Å². The summed E-state index contributed by atoms with van der Waals surface area (Å²) in [6.45, 7) is 15.7. The van der Waals surface area contributed by atoms with Crippen LogP contribution in [0.15, 0.2) is 0 Å².